The molecule has 1 atom stereocenters. The minimum Gasteiger partial charge on any atom is -0.378 e. The van der Waals surface area contributed by atoms with Gasteiger partial charge in [0.15, 0.2) is 5.67 Å². The number of alkyl halides is 1. The van der Waals surface area contributed by atoms with E-state index in [0.717, 1.165) is 11.4 Å². The number of nitrogens with one attached hydrogen (secondary N) is 1. The molecule has 1 N–H and O–H groups in total. The van der Waals surface area contributed by atoms with Crippen LogP contribution in [-0.4, -0.2) is 16.5 Å². The van der Waals surface area contributed by atoms with Crippen LogP contribution in [0, 0.1) is 6.92 Å². The second-order valence-corrected chi connectivity index (χ2v) is 3.23. The van der Waals surface area contributed by atoms with Crippen LogP contribution in [0.5, 0.6) is 0 Å². The van der Waals surface area contributed by atoms with E-state index in [4.69, 9.17) is 0 Å². The van der Waals surface area contributed by atoms with E-state index in [-0.39, 0.29) is 0 Å². The van der Waals surface area contributed by atoms with Crippen LogP contribution in [0.3, 0.4) is 0 Å². The largest absolute Gasteiger partial charge is 0.378 e. The summed E-state index contributed by atoms with van der Waals surface area (Å²) in [7, 11) is 0. The number of hydrogen-bond donors (Lipinski definition) is 1. The zero-order valence-corrected chi connectivity index (χ0v) is 7.06. The normalized spacial score (nSPS) is 26.6. The first-order chi connectivity index (χ1) is 5.61. The van der Waals surface area contributed by atoms with Crippen molar-refractivity contribution in [3.05, 3.63) is 17.7 Å². The molecule has 1 aromatic rings. The highest BCUT2D eigenvalue weighted by atomic mass is 19.1. The molecule has 1 unspecified atom stereocenters. The fourth-order valence-corrected chi connectivity index (χ4v) is 1.42. The third-order valence-electron chi connectivity index (χ3n) is 2.13. The van der Waals surface area contributed by atoms with Crippen LogP contribution >= 0.6 is 0 Å². The molecule has 2 rings (SSSR count). The Hall–Kier alpha value is -1.19. The molecule has 4 heteroatoms. The Morgan fingerprint density at radius 1 is 1.58 bits per heavy atom. The molecule has 0 spiro atoms. The van der Waals surface area contributed by atoms with E-state index >= 15 is 0 Å². The van der Waals surface area contributed by atoms with Gasteiger partial charge < -0.3 is 5.32 Å². The average Bonchev–Trinajstić information content (AvgIpc) is 2.30. The highest BCUT2D eigenvalue weighted by Gasteiger charge is 2.36. The first-order valence-electron chi connectivity index (χ1n) is 3.86. The lowest BCUT2D eigenvalue weighted by molar-refractivity contribution is 0.215. The Balaban J connectivity index is 2.61. The maximum Gasteiger partial charge on any atom is 0.169 e. The molecule has 1 aromatic heterocycles. The van der Waals surface area contributed by atoms with Gasteiger partial charge >= 0.3 is 0 Å². The standard InChI is InChI=1S/C8H10FN3/c1-5-6-7(12-4-11-5)8(2,9)3-10-6/h4,10H,3H2,1-2H3. The van der Waals surface area contributed by atoms with Crippen LogP contribution in [0.25, 0.3) is 0 Å². The van der Waals surface area contributed by atoms with Gasteiger partial charge in [-0.1, -0.05) is 0 Å². The molecule has 12 heavy (non-hydrogen) atoms. The van der Waals surface area contributed by atoms with Gasteiger partial charge in [-0.15, -0.1) is 0 Å². The Labute approximate surface area is 70.0 Å². The van der Waals surface area contributed by atoms with Crippen LogP contribution in [-0.2, 0) is 5.67 Å². The van der Waals surface area contributed by atoms with Crippen LogP contribution in [0.2, 0.25) is 0 Å². The van der Waals surface area contributed by atoms with Gasteiger partial charge in [0.05, 0.1) is 17.9 Å². The highest BCUT2D eigenvalue weighted by molar-refractivity contribution is 5.58. The van der Waals surface area contributed by atoms with Crippen LogP contribution in [0.1, 0.15) is 18.3 Å². The van der Waals surface area contributed by atoms with Crippen molar-refractivity contribution in [1.82, 2.24) is 9.97 Å². The molecule has 0 fully saturated rings. The number of rotatable bonds is 0. The van der Waals surface area contributed by atoms with E-state index in [1.54, 1.807) is 0 Å². The molecule has 1 aliphatic rings. The van der Waals surface area contributed by atoms with Crippen molar-refractivity contribution in [3.8, 4) is 0 Å². The number of halogens is 1. The predicted molar refractivity (Wildman–Crippen MR) is 43.7 cm³/mol. The summed E-state index contributed by atoms with van der Waals surface area (Å²) in [6.45, 7) is 3.66. The van der Waals surface area contributed by atoms with E-state index < -0.39 is 5.67 Å². The van der Waals surface area contributed by atoms with Gasteiger partial charge in [0.25, 0.3) is 0 Å². The third kappa shape index (κ3) is 0.873. The summed E-state index contributed by atoms with van der Waals surface area (Å²) in [5, 5.41) is 2.96. The molecular formula is C8H10FN3. The molecule has 1 aliphatic heterocycles. The van der Waals surface area contributed by atoms with Crippen molar-refractivity contribution < 1.29 is 4.39 Å². The van der Waals surface area contributed by atoms with Gasteiger partial charge in [-0.25, -0.2) is 14.4 Å². The molecule has 3 nitrogen and oxygen atoms in total. The highest BCUT2D eigenvalue weighted by Crippen LogP contribution is 2.36. The second kappa shape index (κ2) is 2.15. The van der Waals surface area contributed by atoms with E-state index in [2.05, 4.69) is 15.3 Å². The summed E-state index contributed by atoms with van der Waals surface area (Å²) in [4.78, 5) is 7.90. The first kappa shape index (κ1) is 7.46. The van der Waals surface area contributed by atoms with E-state index in [1.807, 2.05) is 6.92 Å². The molecule has 0 aromatic carbocycles. The minimum absolute atomic E-state index is 0.294. The number of aryl methyl sites for hydroxylation is 1. The number of aromatic nitrogens is 2. The zero-order chi connectivity index (χ0) is 8.77. The molecule has 2 heterocycles. The molecule has 0 saturated heterocycles. The monoisotopic (exact) mass is 167 g/mol. The van der Waals surface area contributed by atoms with Crippen LogP contribution in [0.15, 0.2) is 6.33 Å². The van der Waals surface area contributed by atoms with Crippen molar-refractivity contribution in [2.75, 3.05) is 11.9 Å². The van der Waals surface area contributed by atoms with Gasteiger partial charge in [0.2, 0.25) is 0 Å². The fraction of sp³-hybridized carbons (Fsp3) is 0.500. The lowest BCUT2D eigenvalue weighted by atomic mass is 10.1. The summed E-state index contributed by atoms with van der Waals surface area (Å²) >= 11 is 0. The number of hydrogen-bond acceptors (Lipinski definition) is 3. The molecule has 0 saturated carbocycles. The van der Waals surface area contributed by atoms with Crippen molar-refractivity contribution >= 4 is 5.69 Å². The topological polar surface area (TPSA) is 37.8 Å². The van der Waals surface area contributed by atoms with Crippen LogP contribution < -0.4 is 5.32 Å². The molecular weight excluding hydrogens is 157 g/mol. The zero-order valence-electron chi connectivity index (χ0n) is 7.06. The maximum atomic E-state index is 13.6. The number of anilines is 1. The average molecular weight is 167 g/mol. The summed E-state index contributed by atoms with van der Waals surface area (Å²) in [5.74, 6) is 0. The minimum atomic E-state index is -1.34. The predicted octanol–water partition coefficient (Wildman–Crippen LogP) is 1.40. The van der Waals surface area contributed by atoms with Gasteiger partial charge in [-0.05, 0) is 13.8 Å². The van der Waals surface area contributed by atoms with Crippen molar-refractivity contribution in [3.63, 3.8) is 0 Å². The Kier molecular flexibility index (Phi) is 1.34. The van der Waals surface area contributed by atoms with Gasteiger partial charge in [0, 0.05) is 0 Å². The smallest absolute Gasteiger partial charge is 0.169 e. The summed E-state index contributed by atoms with van der Waals surface area (Å²) in [6, 6.07) is 0. The molecule has 0 bridgehead atoms. The van der Waals surface area contributed by atoms with Crippen LogP contribution in [0.4, 0.5) is 10.1 Å². The summed E-state index contributed by atoms with van der Waals surface area (Å²) in [6.07, 6.45) is 1.40. The molecule has 0 aliphatic carbocycles. The second-order valence-electron chi connectivity index (χ2n) is 3.23. The van der Waals surface area contributed by atoms with Crippen molar-refractivity contribution in [2.45, 2.75) is 19.5 Å². The SMILES string of the molecule is Cc1ncnc2c1NCC2(C)F. The fourth-order valence-electron chi connectivity index (χ4n) is 1.42. The van der Waals surface area contributed by atoms with E-state index in [9.17, 15) is 4.39 Å². The summed E-state index contributed by atoms with van der Waals surface area (Å²) < 4.78 is 13.6. The summed E-state index contributed by atoms with van der Waals surface area (Å²) in [5.41, 5.74) is 0.696. The Morgan fingerprint density at radius 3 is 3.00 bits per heavy atom. The Morgan fingerprint density at radius 2 is 2.33 bits per heavy atom. The quantitative estimate of drug-likeness (QED) is 0.634. The first-order valence-corrected chi connectivity index (χ1v) is 3.86. The van der Waals surface area contributed by atoms with Crippen molar-refractivity contribution in [2.24, 2.45) is 0 Å². The molecule has 0 radical (unpaired) electrons. The number of fused-ring (bicyclic) bond motifs is 1. The van der Waals surface area contributed by atoms with Gasteiger partial charge in [-0.2, -0.15) is 0 Å². The van der Waals surface area contributed by atoms with Crippen molar-refractivity contribution in [1.29, 1.82) is 0 Å². The molecule has 0 amide bonds. The number of nitrogens with zero attached hydrogens (tertiary/aromatic N) is 2. The van der Waals surface area contributed by atoms with E-state index in [0.29, 0.717) is 12.2 Å². The van der Waals surface area contributed by atoms with Gasteiger partial charge in [0.1, 0.15) is 12.0 Å². The third-order valence-corrected chi connectivity index (χ3v) is 2.13. The van der Waals surface area contributed by atoms with E-state index in [1.165, 1.54) is 13.3 Å². The lowest BCUT2D eigenvalue weighted by Crippen LogP contribution is -2.18. The molecule has 64 valence electrons. The van der Waals surface area contributed by atoms with Gasteiger partial charge in [-0.3, -0.25) is 0 Å². The maximum absolute atomic E-state index is 13.6. The lowest BCUT2D eigenvalue weighted by Gasteiger charge is -2.10. The Bertz CT molecular complexity index is 322.